The van der Waals surface area contributed by atoms with Crippen LogP contribution in [-0.2, 0) is 6.18 Å². The first-order chi connectivity index (χ1) is 9.68. The maximum atomic E-state index is 13.6. The van der Waals surface area contributed by atoms with Crippen LogP contribution in [0.4, 0.5) is 17.6 Å². The molecule has 2 rings (SSSR count). The number of aromatic nitrogens is 1. The molecule has 1 amide bonds. The summed E-state index contributed by atoms with van der Waals surface area (Å²) in [6, 6.07) is 5.41. The van der Waals surface area contributed by atoms with Crippen LogP contribution in [0.15, 0.2) is 34.8 Å². The van der Waals surface area contributed by atoms with Gasteiger partial charge in [-0.15, -0.1) is 0 Å². The molecule has 8 heteroatoms. The molecular weight excluding hydrogens is 356 g/mol. The van der Waals surface area contributed by atoms with Crippen LogP contribution in [0.3, 0.4) is 0 Å². The number of benzene rings is 1. The molecular formula is C13H7BrF4N2O. The highest BCUT2D eigenvalue weighted by atomic mass is 79.9. The predicted octanol–water partition coefficient (Wildman–Crippen LogP) is 3.77. The number of alkyl halides is 3. The minimum absolute atomic E-state index is 0.0377. The van der Waals surface area contributed by atoms with Crippen molar-refractivity contribution in [3.8, 4) is 11.3 Å². The molecule has 1 aromatic heterocycles. The van der Waals surface area contributed by atoms with Crippen molar-refractivity contribution in [1.29, 1.82) is 0 Å². The number of pyridine rings is 1. The highest BCUT2D eigenvalue weighted by Gasteiger charge is 2.31. The van der Waals surface area contributed by atoms with Crippen LogP contribution in [0.2, 0.25) is 0 Å². The minimum atomic E-state index is -4.54. The number of carbonyl (C=O) groups excluding carboxylic acids is 1. The minimum Gasteiger partial charge on any atom is -0.365 e. The van der Waals surface area contributed by atoms with E-state index in [0.717, 1.165) is 18.2 Å². The number of hydrogen-bond acceptors (Lipinski definition) is 2. The van der Waals surface area contributed by atoms with E-state index < -0.39 is 29.2 Å². The number of amides is 1. The Bertz CT molecular complexity index is 716. The zero-order chi connectivity index (χ0) is 15.8. The van der Waals surface area contributed by atoms with Gasteiger partial charge in [-0.1, -0.05) is 15.9 Å². The molecule has 0 aliphatic carbocycles. The van der Waals surface area contributed by atoms with Crippen LogP contribution >= 0.6 is 15.9 Å². The van der Waals surface area contributed by atoms with Crippen LogP contribution in [-0.4, -0.2) is 10.9 Å². The first-order valence-electron chi connectivity index (χ1n) is 5.53. The quantitative estimate of drug-likeness (QED) is 0.653. The number of rotatable bonds is 2. The van der Waals surface area contributed by atoms with E-state index in [1.54, 1.807) is 0 Å². The summed E-state index contributed by atoms with van der Waals surface area (Å²) in [5, 5.41) is 0. The van der Waals surface area contributed by atoms with Crippen molar-refractivity contribution in [2.24, 2.45) is 5.73 Å². The summed E-state index contributed by atoms with van der Waals surface area (Å²) >= 11 is 2.96. The Morgan fingerprint density at radius 1 is 1.19 bits per heavy atom. The zero-order valence-electron chi connectivity index (χ0n) is 10.2. The van der Waals surface area contributed by atoms with E-state index in [1.807, 2.05) is 0 Å². The van der Waals surface area contributed by atoms with Gasteiger partial charge in [0.15, 0.2) is 0 Å². The summed E-state index contributed by atoms with van der Waals surface area (Å²) in [5.74, 6) is -2.13. The fourth-order valence-corrected chi connectivity index (χ4v) is 2.17. The van der Waals surface area contributed by atoms with Gasteiger partial charge in [-0.2, -0.15) is 17.6 Å². The van der Waals surface area contributed by atoms with Crippen molar-refractivity contribution in [3.05, 3.63) is 51.9 Å². The monoisotopic (exact) mass is 362 g/mol. The molecule has 3 nitrogen and oxygen atoms in total. The third-order valence-electron chi connectivity index (χ3n) is 2.64. The molecule has 0 bridgehead atoms. The van der Waals surface area contributed by atoms with E-state index in [0.29, 0.717) is 0 Å². The van der Waals surface area contributed by atoms with E-state index in [2.05, 4.69) is 20.9 Å². The molecule has 0 fully saturated rings. The maximum absolute atomic E-state index is 13.6. The smallest absolute Gasteiger partial charge is 0.365 e. The van der Waals surface area contributed by atoms with Gasteiger partial charge in [-0.25, -0.2) is 4.98 Å². The summed E-state index contributed by atoms with van der Waals surface area (Å²) < 4.78 is 52.0. The first-order valence-corrected chi connectivity index (χ1v) is 6.32. The Hall–Kier alpha value is -1.96. The van der Waals surface area contributed by atoms with Crippen molar-refractivity contribution in [3.63, 3.8) is 0 Å². The van der Waals surface area contributed by atoms with Gasteiger partial charge >= 0.3 is 6.18 Å². The molecule has 110 valence electrons. The largest absolute Gasteiger partial charge is 0.416 e. The van der Waals surface area contributed by atoms with Crippen molar-refractivity contribution in [1.82, 2.24) is 4.98 Å². The first kappa shape index (κ1) is 15.4. The predicted molar refractivity (Wildman–Crippen MR) is 70.9 cm³/mol. The summed E-state index contributed by atoms with van der Waals surface area (Å²) in [4.78, 5) is 14.4. The average Bonchev–Trinajstić information content (AvgIpc) is 2.36. The SMILES string of the molecule is NC(=O)c1ccc(-c2cc(Br)cc(C(F)(F)F)c2)nc1F. The lowest BCUT2D eigenvalue weighted by Crippen LogP contribution is -2.14. The molecule has 21 heavy (non-hydrogen) atoms. The zero-order valence-corrected chi connectivity index (χ0v) is 11.8. The number of halogens is 5. The Kier molecular flexibility index (Phi) is 3.99. The molecule has 0 unspecified atom stereocenters. The Balaban J connectivity index is 2.54. The highest BCUT2D eigenvalue weighted by Crippen LogP contribution is 2.34. The standard InChI is InChI=1S/C13H7BrF4N2O/c14-8-4-6(3-7(5-8)13(16,17)18)10-2-1-9(12(19)21)11(15)20-10/h1-5H,(H2,19,21). The van der Waals surface area contributed by atoms with Crippen LogP contribution in [0.5, 0.6) is 0 Å². The molecule has 2 aromatic rings. The van der Waals surface area contributed by atoms with Crippen LogP contribution < -0.4 is 5.73 Å². The van der Waals surface area contributed by atoms with Crippen LogP contribution in [0.1, 0.15) is 15.9 Å². The number of hydrogen-bond donors (Lipinski definition) is 1. The number of primary amides is 1. The van der Waals surface area contributed by atoms with E-state index in [9.17, 15) is 22.4 Å². The normalized spacial score (nSPS) is 11.5. The van der Waals surface area contributed by atoms with E-state index in [-0.39, 0.29) is 15.7 Å². The molecule has 0 aliphatic heterocycles. The fourth-order valence-electron chi connectivity index (χ4n) is 1.68. The number of nitrogens with two attached hydrogens (primary N) is 1. The molecule has 0 spiro atoms. The molecule has 1 heterocycles. The van der Waals surface area contributed by atoms with E-state index in [4.69, 9.17) is 5.73 Å². The van der Waals surface area contributed by atoms with Crippen molar-refractivity contribution < 1.29 is 22.4 Å². The van der Waals surface area contributed by atoms with Crippen molar-refractivity contribution in [2.45, 2.75) is 6.18 Å². The lowest BCUT2D eigenvalue weighted by molar-refractivity contribution is -0.137. The lowest BCUT2D eigenvalue weighted by atomic mass is 10.1. The Morgan fingerprint density at radius 3 is 2.38 bits per heavy atom. The summed E-state index contributed by atoms with van der Waals surface area (Å²) in [6.45, 7) is 0. The second-order valence-corrected chi connectivity index (χ2v) is 5.04. The third-order valence-corrected chi connectivity index (χ3v) is 3.09. The molecule has 0 saturated heterocycles. The Labute approximate surface area is 124 Å². The second-order valence-electron chi connectivity index (χ2n) is 4.13. The van der Waals surface area contributed by atoms with E-state index >= 15 is 0 Å². The van der Waals surface area contributed by atoms with Gasteiger partial charge in [-0.3, -0.25) is 4.79 Å². The van der Waals surface area contributed by atoms with Gasteiger partial charge in [-0.05, 0) is 30.3 Å². The van der Waals surface area contributed by atoms with Gasteiger partial charge in [0.05, 0.1) is 16.8 Å². The molecule has 1 aromatic carbocycles. The average molecular weight is 363 g/mol. The van der Waals surface area contributed by atoms with Gasteiger partial charge in [0.2, 0.25) is 5.95 Å². The summed E-state index contributed by atoms with van der Waals surface area (Å²) in [7, 11) is 0. The highest BCUT2D eigenvalue weighted by molar-refractivity contribution is 9.10. The number of carbonyl (C=O) groups is 1. The lowest BCUT2D eigenvalue weighted by Gasteiger charge is -2.10. The molecule has 0 radical (unpaired) electrons. The van der Waals surface area contributed by atoms with Gasteiger partial charge in [0.25, 0.3) is 5.91 Å². The van der Waals surface area contributed by atoms with Gasteiger partial charge in [0, 0.05) is 10.0 Å². The molecule has 2 N–H and O–H groups in total. The van der Waals surface area contributed by atoms with Crippen molar-refractivity contribution >= 4 is 21.8 Å². The summed E-state index contributed by atoms with van der Waals surface area (Å²) in [6.07, 6.45) is -4.54. The molecule has 0 aliphatic rings. The summed E-state index contributed by atoms with van der Waals surface area (Å²) in [5.41, 5.74) is 3.64. The van der Waals surface area contributed by atoms with Gasteiger partial charge < -0.3 is 5.73 Å². The third kappa shape index (κ3) is 3.38. The molecule has 0 saturated carbocycles. The van der Waals surface area contributed by atoms with E-state index in [1.165, 1.54) is 12.1 Å². The maximum Gasteiger partial charge on any atom is 0.416 e. The number of nitrogens with zero attached hydrogens (tertiary/aromatic N) is 1. The topological polar surface area (TPSA) is 56.0 Å². The second kappa shape index (κ2) is 5.44. The van der Waals surface area contributed by atoms with Crippen LogP contribution in [0, 0.1) is 5.95 Å². The van der Waals surface area contributed by atoms with Crippen LogP contribution in [0.25, 0.3) is 11.3 Å². The Morgan fingerprint density at radius 2 is 1.86 bits per heavy atom. The van der Waals surface area contributed by atoms with Gasteiger partial charge in [0.1, 0.15) is 0 Å². The van der Waals surface area contributed by atoms with Crippen molar-refractivity contribution in [2.75, 3.05) is 0 Å². The molecule has 0 atom stereocenters. The fraction of sp³-hybridized carbons (Fsp3) is 0.0769.